The van der Waals surface area contributed by atoms with Crippen LogP contribution < -0.4 is 21.1 Å². The minimum Gasteiger partial charge on any atom is -0.497 e. The average Bonchev–Trinajstić information content (AvgIpc) is 3.36. The Balaban J connectivity index is 1.54. The monoisotopic (exact) mass is 490 g/mol. The summed E-state index contributed by atoms with van der Waals surface area (Å²) in [6.07, 6.45) is 2.01. The lowest BCUT2D eigenvalue weighted by molar-refractivity contribution is -0.128. The van der Waals surface area contributed by atoms with Crippen LogP contribution in [0.3, 0.4) is 0 Å². The standard InChI is InChI=1S/C26H30N6O4/c1-36-22-12-10-21(11-13-22)30-26(35)32-15-14-31(25(34)18-4-2-17(16-27)3-5-18)24(32)23(33)29-20-8-6-19(28)7-9-20/h2-5,10-13,19-20,24H,6-9,14-15,28H2,1H3,(H,29,33)(H,30,35). The van der Waals surface area contributed by atoms with Crippen molar-refractivity contribution < 1.29 is 19.1 Å². The molecule has 1 saturated heterocycles. The second-order valence-corrected chi connectivity index (χ2v) is 9.03. The number of carbonyl (C=O) groups is 3. The van der Waals surface area contributed by atoms with Crippen LogP contribution in [0, 0.1) is 11.3 Å². The smallest absolute Gasteiger partial charge is 0.323 e. The number of urea groups is 1. The molecule has 2 fully saturated rings. The van der Waals surface area contributed by atoms with Gasteiger partial charge in [0.1, 0.15) is 5.75 Å². The van der Waals surface area contributed by atoms with Crippen LogP contribution in [0.4, 0.5) is 10.5 Å². The summed E-state index contributed by atoms with van der Waals surface area (Å²) < 4.78 is 5.15. The SMILES string of the molecule is COc1ccc(NC(=O)N2CCN(C(=O)c3ccc(C#N)cc3)C2C(=O)NC2CCC(N)CC2)cc1. The third-order valence-electron chi connectivity index (χ3n) is 6.65. The Morgan fingerprint density at radius 3 is 2.22 bits per heavy atom. The lowest BCUT2D eigenvalue weighted by Gasteiger charge is -2.32. The quantitative estimate of drug-likeness (QED) is 0.587. The molecule has 0 aromatic heterocycles. The van der Waals surface area contributed by atoms with Gasteiger partial charge in [-0.3, -0.25) is 14.5 Å². The summed E-state index contributed by atoms with van der Waals surface area (Å²) in [4.78, 5) is 42.8. The number of hydrogen-bond donors (Lipinski definition) is 3. The van der Waals surface area contributed by atoms with Crippen molar-refractivity contribution in [3.05, 3.63) is 59.7 Å². The van der Waals surface area contributed by atoms with E-state index in [1.807, 2.05) is 6.07 Å². The number of ether oxygens (including phenoxy) is 1. The molecular weight excluding hydrogens is 460 g/mol. The first-order valence-electron chi connectivity index (χ1n) is 12.0. The zero-order valence-electron chi connectivity index (χ0n) is 20.1. The number of nitrogens with two attached hydrogens (primary N) is 1. The van der Waals surface area contributed by atoms with Crippen LogP contribution in [0.25, 0.3) is 0 Å². The average molecular weight is 491 g/mol. The summed E-state index contributed by atoms with van der Waals surface area (Å²) >= 11 is 0. The number of nitriles is 1. The van der Waals surface area contributed by atoms with Gasteiger partial charge < -0.3 is 26.0 Å². The molecule has 1 heterocycles. The summed E-state index contributed by atoms with van der Waals surface area (Å²) in [5.41, 5.74) is 7.30. The number of hydrogen-bond acceptors (Lipinski definition) is 6. The molecule has 1 aliphatic heterocycles. The topological polar surface area (TPSA) is 141 Å². The third-order valence-corrected chi connectivity index (χ3v) is 6.65. The van der Waals surface area contributed by atoms with Gasteiger partial charge in [0.05, 0.1) is 18.7 Å². The molecule has 188 valence electrons. The minimum atomic E-state index is -1.11. The van der Waals surface area contributed by atoms with Crippen LogP contribution in [0.1, 0.15) is 41.6 Å². The highest BCUT2D eigenvalue weighted by Crippen LogP contribution is 2.23. The van der Waals surface area contributed by atoms with Crippen LogP contribution in [0.2, 0.25) is 0 Å². The van der Waals surface area contributed by atoms with E-state index in [0.717, 1.165) is 25.7 Å². The van der Waals surface area contributed by atoms with Gasteiger partial charge in [0.15, 0.2) is 6.17 Å². The van der Waals surface area contributed by atoms with Gasteiger partial charge in [0.2, 0.25) is 0 Å². The Kier molecular flexibility index (Phi) is 7.71. The molecule has 2 aromatic rings. The van der Waals surface area contributed by atoms with Crippen molar-refractivity contribution in [3.63, 3.8) is 0 Å². The van der Waals surface area contributed by atoms with E-state index < -0.39 is 18.1 Å². The van der Waals surface area contributed by atoms with Gasteiger partial charge in [-0.1, -0.05) is 0 Å². The van der Waals surface area contributed by atoms with E-state index in [0.29, 0.717) is 22.6 Å². The Labute approximate surface area is 210 Å². The number of amides is 4. The van der Waals surface area contributed by atoms with Crippen LogP contribution in [0.5, 0.6) is 5.75 Å². The van der Waals surface area contributed by atoms with E-state index in [1.165, 1.54) is 9.80 Å². The molecule has 0 spiro atoms. The van der Waals surface area contributed by atoms with Gasteiger partial charge in [0.25, 0.3) is 11.8 Å². The number of anilines is 1. The second-order valence-electron chi connectivity index (χ2n) is 9.03. The van der Waals surface area contributed by atoms with Crippen LogP contribution in [-0.4, -0.2) is 66.1 Å². The van der Waals surface area contributed by atoms with E-state index in [9.17, 15) is 14.4 Å². The zero-order chi connectivity index (χ0) is 25.7. The number of benzene rings is 2. The highest BCUT2D eigenvalue weighted by atomic mass is 16.5. The molecular formula is C26H30N6O4. The molecule has 4 rings (SSSR count). The van der Waals surface area contributed by atoms with E-state index in [1.54, 1.807) is 55.6 Å². The number of nitrogens with zero attached hydrogens (tertiary/aromatic N) is 3. The maximum atomic E-state index is 13.5. The highest BCUT2D eigenvalue weighted by molar-refractivity contribution is 6.00. The summed E-state index contributed by atoms with van der Waals surface area (Å²) in [5.74, 6) is -0.136. The molecule has 0 radical (unpaired) electrons. The Bertz CT molecular complexity index is 1140. The van der Waals surface area contributed by atoms with Crippen molar-refractivity contribution in [2.24, 2.45) is 5.73 Å². The maximum Gasteiger partial charge on any atom is 0.323 e. The van der Waals surface area contributed by atoms with Crippen molar-refractivity contribution in [2.75, 3.05) is 25.5 Å². The molecule has 1 aliphatic carbocycles. The van der Waals surface area contributed by atoms with Crippen molar-refractivity contribution in [2.45, 2.75) is 43.9 Å². The fourth-order valence-corrected chi connectivity index (χ4v) is 4.60. The molecule has 4 amide bonds. The van der Waals surface area contributed by atoms with Crippen molar-refractivity contribution >= 4 is 23.5 Å². The van der Waals surface area contributed by atoms with Crippen molar-refractivity contribution in [1.29, 1.82) is 5.26 Å². The Morgan fingerprint density at radius 2 is 1.61 bits per heavy atom. The van der Waals surface area contributed by atoms with Crippen LogP contribution in [0.15, 0.2) is 48.5 Å². The lowest BCUT2D eigenvalue weighted by Crippen LogP contribution is -2.56. The van der Waals surface area contributed by atoms with Gasteiger partial charge in [-0.25, -0.2) is 4.79 Å². The summed E-state index contributed by atoms with van der Waals surface area (Å²) in [6.45, 7) is 0.389. The third kappa shape index (κ3) is 5.58. The molecule has 1 saturated carbocycles. The van der Waals surface area contributed by atoms with Gasteiger partial charge in [-0.05, 0) is 74.2 Å². The minimum absolute atomic E-state index is 0.0590. The number of methoxy groups -OCH3 is 1. The molecule has 10 nitrogen and oxygen atoms in total. The number of nitrogens with one attached hydrogen (secondary N) is 2. The van der Waals surface area contributed by atoms with Gasteiger partial charge in [-0.2, -0.15) is 5.26 Å². The van der Waals surface area contributed by atoms with Gasteiger partial charge in [-0.15, -0.1) is 0 Å². The molecule has 0 bridgehead atoms. The fraction of sp³-hybridized carbons (Fsp3) is 0.385. The first-order valence-corrected chi connectivity index (χ1v) is 12.0. The first-order chi connectivity index (χ1) is 17.4. The molecule has 1 unspecified atom stereocenters. The Morgan fingerprint density at radius 1 is 0.972 bits per heavy atom. The van der Waals surface area contributed by atoms with E-state index in [2.05, 4.69) is 10.6 Å². The van der Waals surface area contributed by atoms with E-state index >= 15 is 0 Å². The maximum absolute atomic E-state index is 13.5. The van der Waals surface area contributed by atoms with Gasteiger partial charge >= 0.3 is 6.03 Å². The number of rotatable bonds is 5. The Hall–Kier alpha value is -4.10. The summed E-state index contributed by atoms with van der Waals surface area (Å²) in [6, 6.07) is 14.7. The van der Waals surface area contributed by atoms with Crippen molar-refractivity contribution in [1.82, 2.24) is 15.1 Å². The van der Waals surface area contributed by atoms with Crippen molar-refractivity contribution in [3.8, 4) is 11.8 Å². The number of carbonyl (C=O) groups excluding carboxylic acids is 3. The van der Waals surface area contributed by atoms with E-state index in [4.69, 9.17) is 15.7 Å². The van der Waals surface area contributed by atoms with E-state index in [-0.39, 0.29) is 31.1 Å². The predicted molar refractivity (Wildman–Crippen MR) is 133 cm³/mol. The highest BCUT2D eigenvalue weighted by Gasteiger charge is 2.43. The largest absolute Gasteiger partial charge is 0.497 e. The normalized spacial score (nSPS) is 21.4. The molecule has 10 heteroatoms. The van der Waals surface area contributed by atoms with Crippen LogP contribution >= 0.6 is 0 Å². The first kappa shape index (κ1) is 25.0. The van der Waals surface area contributed by atoms with Crippen LogP contribution in [-0.2, 0) is 4.79 Å². The summed E-state index contributed by atoms with van der Waals surface area (Å²) in [7, 11) is 1.56. The predicted octanol–water partition coefficient (Wildman–Crippen LogP) is 2.27. The molecule has 2 aromatic carbocycles. The fourth-order valence-electron chi connectivity index (χ4n) is 4.60. The zero-order valence-corrected chi connectivity index (χ0v) is 20.1. The van der Waals surface area contributed by atoms with Gasteiger partial charge in [0, 0.05) is 36.4 Å². The molecule has 1 atom stereocenters. The summed E-state index contributed by atoms with van der Waals surface area (Å²) in [5, 5.41) is 14.9. The molecule has 4 N–H and O–H groups in total. The molecule has 36 heavy (non-hydrogen) atoms. The second kappa shape index (κ2) is 11.1. The lowest BCUT2D eigenvalue weighted by atomic mass is 9.92. The molecule has 2 aliphatic rings.